The van der Waals surface area contributed by atoms with Crippen molar-refractivity contribution in [3.8, 4) is 0 Å². The highest BCUT2D eigenvalue weighted by Crippen LogP contribution is 2.56. The van der Waals surface area contributed by atoms with Crippen molar-refractivity contribution in [3.63, 3.8) is 0 Å². The highest BCUT2D eigenvalue weighted by atomic mass is 16.5. The Hall–Kier alpha value is -2.45. The summed E-state index contributed by atoms with van der Waals surface area (Å²) in [5.41, 5.74) is 2.91. The Balaban J connectivity index is 1.09. The number of rotatable bonds is 4. The molecular weight excluding hydrogens is 398 g/mol. The number of likely N-dealkylation sites (tertiary alicyclic amines) is 1. The highest BCUT2D eigenvalue weighted by Gasteiger charge is 2.60. The molecule has 5 aliphatic rings. The van der Waals surface area contributed by atoms with Gasteiger partial charge in [0, 0.05) is 24.2 Å². The van der Waals surface area contributed by atoms with Crippen molar-refractivity contribution >= 4 is 23.4 Å². The molecule has 3 heterocycles. The van der Waals surface area contributed by atoms with Crippen LogP contribution in [-0.4, -0.2) is 53.0 Å². The number of fused-ring (bicyclic) bond motifs is 9. The van der Waals surface area contributed by atoms with Gasteiger partial charge in [-0.1, -0.05) is 6.07 Å². The van der Waals surface area contributed by atoms with Gasteiger partial charge in [-0.2, -0.15) is 0 Å². The van der Waals surface area contributed by atoms with Gasteiger partial charge < -0.3 is 20.5 Å². The third-order valence-corrected chi connectivity index (χ3v) is 8.01. The van der Waals surface area contributed by atoms with Crippen LogP contribution in [-0.2, 0) is 25.7 Å². The predicted molar refractivity (Wildman–Crippen MR) is 110 cm³/mol. The molecule has 2 saturated carbocycles. The van der Waals surface area contributed by atoms with Gasteiger partial charge >= 0.3 is 0 Å². The number of carbonyl (C=O) groups excluding carboxylic acids is 3. The number of imide groups is 1. The quantitative estimate of drug-likeness (QED) is 0.620. The Bertz CT molecular complexity index is 937. The maximum absolute atomic E-state index is 12.8. The first-order valence-electron chi connectivity index (χ1n) is 11.3. The average Bonchev–Trinajstić information content (AvgIpc) is 3.45. The first-order valence-corrected chi connectivity index (χ1v) is 11.3. The van der Waals surface area contributed by atoms with Crippen LogP contribution >= 0.6 is 0 Å². The Morgan fingerprint density at radius 3 is 2.65 bits per heavy atom. The lowest BCUT2D eigenvalue weighted by Gasteiger charge is -2.40. The lowest BCUT2D eigenvalue weighted by atomic mass is 9.81. The molecule has 1 aromatic rings. The van der Waals surface area contributed by atoms with Gasteiger partial charge in [0.2, 0.25) is 17.7 Å². The summed E-state index contributed by atoms with van der Waals surface area (Å²) < 4.78 is 5.78. The third kappa shape index (κ3) is 2.99. The number of anilines is 1. The van der Waals surface area contributed by atoms with E-state index in [1.165, 1.54) is 4.90 Å². The summed E-state index contributed by atoms with van der Waals surface area (Å²) in [5, 5.41) is 16.2. The summed E-state index contributed by atoms with van der Waals surface area (Å²) in [7, 11) is 0. The number of hydrogen-bond acceptors (Lipinski definition) is 6. The smallest absolute Gasteiger partial charge is 0.240 e. The number of ether oxygens (including phenoxy) is 1. The van der Waals surface area contributed by atoms with E-state index in [1.54, 1.807) is 0 Å². The Morgan fingerprint density at radius 1 is 1.16 bits per heavy atom. The minimum atomic E-state index is -0.505. The predicted octanol–water partition coefficient (Wildman–Crippen LogP) is 0.950. The van der Waals surface area contributed by atoms with Crippen molar-refractivity contribution in [1.82, 2.24) is 10.2 Å². The molecule has 3 amide bonds. The third-order valence-electron chi connectivity index (χ3n) is 8.01. The molecule has 4 fully saturated rings. The number of carbonyl (C=O) groups is 3. The summed E-state index contributed by atoms with van der Waals surface area (Å²) >= 11 is 0. The van der Waals surface area contributed by atoms with Crippen LogP contribution in [0.5, 0.6) is 0 Å². The zero-order valence-corrected chi connectivity index (χ0v) is 17.3. The van der Waals surface area contributed by atoms with Gasteiger partial charge in [-0.15, -0.1) is 0 Å². The van der Waals surface area contributed by atoms with Crippen LogP contribution in [0.2, 0.25) is 0 Å². The first-order chi connectivity index (χ1) is 15.0. The fourth-order valence-corrected chi connectivity index (χ4v) is 6.50. The standard InChI is InChI=1S/C23H27N3O5/c27-17-10-31-18-7-16(17)25-15-4-1-11(5-14(15)18)8-24-19(28)9-26-22(29)20-12-2-3-13(6-12)21(20)23(26)30/h1,4-5,12-13,16-18,20-21,25,27H,2-3,6-10H2,(H,24,28)/t12-,13+,16?,17-,18-,20-,21+/m1/s1. The molecule has 3 aliphatic heterocycles. The van der Waals surface area contributed by atoms with Gasteiger partial charge in [0.1, 0.15) is 6.54 Å². The zero-order chi connectivity index (χ0) is 21.3. The summed E-state index contributed by atoms with van der Waals surface area (Å²) in [4.78, 5) is 39.3. The van der Waals surface area contributed by atoms with Crippen molar-refractivity contribution in [2.75, 3.05) is 18.5 Å². The molecule has 4 bridgehead atoms. The molecule has 0 radical (unpaired) electrons. The van der Waals surface area contributed by atoms with Gasteiger partial charge in [-0.25, -0.2) is 0 Å². The fourth-order valence-electron chi connectivity index (χ4n) is 6.50. The van der Waals surface area contributed by atoms with E-state index < -0.39 is 6.10 Å². The summed E-state index contributed by atoms with van der Waals surface area (Å²) in [6, 6.07) is 5.88. The second kappa shape index (κ2) is 7.03. The molecule has 1 aromatic carbocycles. The first kappa shape index (κ1) is 19.3. The molecule has 8 heteroatoms. The lowest BCUT2D eigenvalue weighted by Crippen LogP contribution is -2.46. The van der Waals surface area contributed by atoms with E-state index in [0.29, 0.717) is 31.4 Å². The molecule has 3 N–H and O–H groups in total. The molecule has 0 aromatic heterocycles. The molecule has 164 valence electrons. The number of benzene rings is 1. The van der Waals surface area contributed by atoms with Crippen LogP contribution < -0.4 is 10.6 Å². The van der Waals surface area contributed by atoms with E-state index in [1.807, 2.05) is 18.2 Å². The van der Waals surface area contributed by atoms with Crippen molar-refractivity contribution in [2.45, 2.75) is 50.5 Å². The number of nitrogens with one attached hydrogen (secondary N) is 2. The maximum Gasteiger partial charge on any atom is 0.240 e. The van der Waals surface area contributed by atoms with Crippen LogP contribution in [0.4, 0.5) is 5.69 Å². The zero-order valence-electron chi connectivity index (χ0n) is 17.3. The van der Waals surface area contributed by atoms with Gasteiger partial charge in [-0.3, -0.25) is 19.3 Å². The van der Waals surface area contributed by atoms with Crippen molar-refractivity contribution < 1.29 is 24.2 Å². The minimum Gasteiger partial charge on any atom is -0.389 e. The maximum atomic E-state index is 12.8. The van der Waals surface area contributed by atoms with Crippen LogP contribution in [0.1, 0.15) is 42.9 Å². The monoisotopic (exact) mass is 425 g/mol. The van der Waals surface area contributed by atoms with E-state index in [4.69, 9.17) is 4.74 Å². The van der Waals surface area contributed by atoms with Crippen LogP contribution in [0, 0.1) is 23.7 Å². The second-order valence-electron chi connectivity index (χ2n) is 9.72. The number of aliphatic hydroxyl groups excluding tert-OH is 1. The molecule has 31 heavy (non-hydrogen) atoms. The average molecular weight is 425 g/mol. The van der Waals surface area contributed by atoms with Crippen molar-refractivity contribution in [2.24, 2.45) is 23.7 Å². The molecule has 7 atom stereocenters. The summed E-state index contributed by atoms with van der Waals surface area (Å²) in [5.74, 6) is -0.346. The molecule has 8 nitrogen and oxygen atoms in total. The SMILES string of the molecule is O=C(CN1C(=O)[C@@H]2[C@@H]3CC[C@@H](C3)[C@@H]2C1=O)NCc1ccc2c(c1)[C@H]1CC(N2)[C@H](O)CO1. The Kier molecular flexibility index (Phi) is 4.37. The number of hydrogen-bond donors (Lipinski definition) is 3. The normalized spacial score (nSPS) is 37.5. The van der Waals surface area contributed by atoms with Gasteiger partial charge in [0.05, 0.1) is 36.7 Å². The Morgan fingerprint density at radius 2 is 1.90 bits per heavy atom. The topological polar surface area (TPSA) is 108 Å². The largest absolute Gasteiger partial charge is 0.389 e. The van der Waals surface area contributed by atoms with E-state index in [0.717, 1.165) is 36.1 Å². The van der Waals surface area contributed by atoms with E-state index in [9.17, 15) is 19.5 Å². The van der Waals surface area contributed by atoms with E-state index in [-0.39, 0.29) is 48.2 Å². The van der Waals surface area contributed by atoms with Gasteiger partial charge in [0.25, 0.3) is 0 Å². The van der Waals surface area contributed by atoms with Crippen LogP contribution in [0.15, 0.2) is 18.2 Å². The number of amides is 3. The highest BCUT2D eigenvalue weighted by molar-refractivity contribution is 6.08. The Labute approximate surface area is 180 Å². The molecule has 2 aliphatic carbocycles. The summed E-state index contributed by atoms with van der Waals surface area (Å²) in [6.07, 6.45) is 3.20. The number of aliphatic hydroxyl groups is 1. The van der Waals surface area contributed by atoms with Crippen molar-refractivity contribution in [3.05, 3.63) is 29.3 Å². The van der Waals surface area contributed by atoms with Gasteiger partial charge in [0.15, 0.2) is 0 Å². The van der Waals surface area contributed by atoms with E-state index in [2.05, 4.69) is 10.6 Å². The molecule has 1 unspecified atom stereocenters. The fraction of sp³-hybridized carbons (Fsp3) is 0.609. The summed E-state index contributed by atoms with van der Waals surface area (Å²) in [6.45, 7) is 0.436. The number of nitrogens with zero attached hydrogens (tertiary/aromatic N) is 1. The van der Waals surface area contributed by atoms with Crippen LogP contribution in [0.25, 0.3) is 0 Å². The minimum absolute atomic E-state index is 0.00191. The molecule has 0 spiro atoms. The second-order valence-corrected chi connectivity index (χ2v) is 9.72. The van der Waals surface area contributed by atoms with Crippen LogP contribution in [0.3, 0.4) is 0 Å². The van der Waals surface area contributed by atoms with Crippen molar-refractivity contribution in [1.29, 1.82) is 0 Å². The van der Waals surface area contributed by atoms with Gasteiger partial charge in [-0.05, 0) is 48.8 Å². The van der Waals surface area contributed by atoms with E-state index >= 15 is 0 Å². The molecular formula is C23H27N3O5. The lowest BCUT2D eigenvalue weighted by molar-refractivity contribution is -0.144. The molecule has 2 saturated heterocycles. The molecule has 6 rings (SSSR count).